The van der Waals surface area contributed by atoms with Crippen molar-refractivity contribution < 1.29 is 9.59 Å². The van der Waals surface area contributed by atoms with Crippen LogP contribution in [0.1, 0.15) is 50.5 Å². The summed E-state index contributed by atoms with van der Waals surface area (Å²) >= 11 is 0. The normalized spacial score (nSPS) is 21.4. The van der Waals surface area contributed by atoms with Gasteiger partial charge in [0.15, 0.2) is 0 Å². The molecule has 1 atom stereocenters. The Labute approximate surface area is 151 Å². The Kier molecular flexibility index (Phi) is 6.48. The first-order chi connectivity index (χ1) is 12.2. The lowest BCUT2D eigenvalue weighted by Crippen LogP contribution is -2.43. The summed E-state index contributed by atoms with van der Waals surface area (Å²) in [6.07, 6.45) is 7.78. The molecule has 1 aromatic rings. The van der Waals surface area contributed by atoms with Gasteiger partial charge in [-0.3, -0.25) is 9.59 Å². The number of carbonyl (C=O) groups excluding carboxylic acids is 2. The van der Waals surface area contributed by atoms with E-state index in [-0.39, 0.29) is 11.8 Å². The van der Waals surface area contributed by atoms with Gasteiger partial charge in [0, 0.05) is 39.0 Å². The van der Waals surface area contributed by atoms with Crippen LogP contribution < -0.4 is 0 Å². The topological polar surface area (TPSA) is 40.6 Å². The van der Waals surface area contributed by atoms with Gasteiger partial charge in [0.2, 0.25) is 11.8 Å². The van der Waals surface area contributed by atoms with Gasteiger partial charge >= 0.3 is 0 Å². The van der Waals surface area contributed by atoms with Crippen LogP contribution in [-0.4, -0.2) is 47.8 Å². The molecule has 3 rings (SSSR count). The number of rotatable bonds is 6. The Hall–Kier alpha value is -1.84. The van der Waals surface area contributed by atoms with Crippen molar-refractivity contribution in [2.24, 2.45) is 5.92 Å². The Balaban J connectivity index is 1.42. The molecule has 1 aromatic carbocycles. The highest BCUT2D eigenvalue weighted by molar-refractivity contribution is 5.79. The third-order valence-electron chi connectivity index (χ3n) is 5.57. The van der Waals surface area contributed by atoms with Gasteiger partial charge in [-0.05, 0) is 50.0 Å². The average Bonchev–Trinajstić information content (AvgIpc) is 2.66. The molecule has 2 fully saturated rings. The molecule has 25 heavy (non-hydrogen) atoms. The monoisotopic (exact) mass is 342 g/mol. The molecular weight excluding hydrogens is 312 g/mol. The van der Waals surface area contributed by atoms with Crippen LogP contribution in [0.3, 0.4) is 0 Å². The number of hydrogen-bond donors (Lipinski definition) is 0. The largest absolute Gasteiger partial charge is 0.342 e. The number of aryl methyl sites for hydroxylation is 1. The van der Waals surface area contributed by atoms with Gasteiger partial charge in [0.1, 0.15) is 0 Å². The molecule has 0 bridgehead atoms. The minimum Gasteiger partial charge on any atom is -0.342 e. The average molecular weight is 342 g/mol. The summed E-state index contributed by atoms with van der Waals surface area (Å²) in [7, 11) is 0. The predicted molar refractivity (Wildman–Crippen MR) is 99.1 cm³/mol. The second-order valence-corrected chi connectivity index (χ2v) is 7.46. The highest BCUT2D eigenvalue weighted by Crippen LogP contribution is 2.22. The first-order valence-corrected chi connectivity index (χ1v) is 9.82. The first kappa shape index (κ1) is 18.0. The molecule has 0 spiro atoms. The van der Waals surface area contributed by atoms with Crippen molar-refractivity contribution in [1.29, 1.82) is 0 Å². The molecule has 2 heterocycles. The van der Waals surface area contributed by atoms with Crippen LogP contribution in [0.4, 0.5) is 0 Å². The fourth-order valence-corrected chi connectivity index (χ4v) is 4.03. The third kappa shape index (κ3) is 5.32. The van der Waals surface area contributed by atoms with Gasteiger partial charge in [0.05, 0.1) is 0 Å². The standard InChI is InChI=1S/C21H30N2O2/c24-20-10-4-5-14-22(20)16-13-21(25)23-15-6-9-19(17-23)12-11-18-7-2-1-3-8-18/h1-3,7-8,19H,4-6,9-17H2. The zero-order valence-electron chi connectivity index (χ0n) is 15.2. The molecular formula is C21H30N2O2. The second-order valence-electron chi connectivity index (χ2n) is 7.46. The number of hydrogen-bond acceptors (Lipinski definition) is 2. The Bertz CT molecular complexity index is 573. The summed E-state index contributed by atoms with van der Waals surface area (Å²) in [4.78, 5) is 28.3. The smallest absolute Gasteiger partial charge is 0.224 e. The number of benzene rings is 1. The minimum atomic E-state index is 0.221. The van der Waals surface area contributed by atoms with Crippen molar-refractivity contribution in [3.63, 3.8) is 0 Å². The fraction of sp³-hybridized carbons (Fsp3) is 0.619. The first-order valence-electron chi connectivity index (χ1n) is 9.82. The van der Waals surface area contributed by atoms with Crippen molar-refractivity contribution in [1.82, 2.24) is 9.80 Å². The molecule has 1 unspecified atom stereocenters. The summed E-state index contributed by atoms with van der Waals surface area (Å²) in [6, 6.07) is 10.6. The molecule has 0 N–H and O–H groups in total. The van der Waals surface area contributed by atoms with E-state index in [0.717, 1.165) is 51.7 Å². The highest BCUT2D eigenvalue weighted by Gasteiger charge is 2.25. The zero-order chi connectivity index (χ0) is 17.5. The summed E-state index contributed by atoms with van der Waals surface area (Å²) in [5.41, 5.74) is 1.38. The van der Waals surface area contributed by atoms with E-state index in [1.54, 1.807) is 0 Å². The Morgan fingerprint density at radius 3 is 2.72 bits per heavy atom. The number of piperidine rings is 2. The van der Waals surface area contributed by atoms with Gasteiger partial charge in [-0.1, -0.05) is 30.3 Å². The SMILES string of the molecule is O=C1CCCCN1CCC(=O)N1CCCC(CCc2ccccc2)C1. The van der Waals surface area contributed by atoms with Crippen LogP contribution in [0.2, 0.25) is 0 Å². The molecule has 0 radical (unpaired) electrons. The summed E-state index contributed by atoms with van der Waals surface area (Å²) in [6.45, 7) is 3.20. The van der Waals surface area contributed by atoms with E-state index >= 15 is 0 Å². The molecule has 136 valence electrons. The van der Waals surface area contributed by atoms with Crippen LogP contribution >= 0.6 is 0 Å². The van der Waals surface area contributed by atoms with Gasteiger partial charge < -0.3 is 9.80 Å². The highest BCUT2D eigenvalue weighted by atomic mass is 16.2. The Morgan fingerprint density at radius 2 is 1.92 bits per heavy atom. The van der Waals surface area contributed by atoms with Crippen molar-refractivity contribution in [3.8, 4) is 0 Å². The van der Waals surface area contributed by atoms with Crippen LogP contribution in [0.5, 0.6) is 0 Å². The van der Waals surface area contributed by atoms with Crippen molar-refractivity contribution in [2.45, 2.75) is 51.4 Å². The second kappa shape index (κ2) is 9.02. The molecule has 2 amide bonds. The van der Waals surface area contributed by atoms with Crippen molar-refractivity contribution >= 4 is 11.8 Å². The minimum absolute atomic E-state index is 0.221. The molecule has 0 saturated carbocycles. The van der Waals surface area contributed by atoms with Gasteiger partial charge in [0.25, 0.3) is 0 Å². The van der Waals surface area contributed by atoms with Gasteiger partial charge in [-0.15, -0.1) is 0 Å². The molecule has 4 nitrogen and oxygen atoms in total. The van der Waals surface area contributed by atoms with Crippen LogP contribution in [-0.2, 0) is 16.0 Å². The van der Waals surface area contributed by atoms with E-state index < -0.39 is 0 Å². The number of nitrogens with zero attached hydrogens (tertiary/aromatic N) is 2. The van der Waals surface area contributed by atoms with E-state index in [1.165, 1.54) is 12.0 Å². The summed E-state index contributed by atoms with van der Waals surface area (Å²) in [5.74, 6) is 1.05. The van der Waals surface area contributed by atoms with Crippen LogP contribution in [0, 0.1) is 5.92 Å². The lowest BCUT2D eigenvalue weighted by atomic mass is 9.91. The maximum Gasteiger partial charge on any atom is 0.224 e. The number of amides is 2. The predicted octanol–water partition coefficient (Wildman–Crippen LogP) is 3.26. The maximum absolute atomic E-state index is 12.6. The molecule has 0 aliphatic carbocycles. The lowest BCUT2D eigenvalue weighted by molar-refractivity contribution is -0.136. The number of carbonyl (C=O) groups is 2. The quantitative estimate of drug-likeness (QED) is 0.796. The van der Waals surface area contributed by atoms with Crippen LogP contribution in [0.15, 0.2) is 30.3 Å². The van der Waals surface area contributed by atoms with Gasteiger partial charge in [-0.25, -0.2) is 0 Å². The molecule has 2 aliphatic rings. The van der Waals surface area contributed by atoms with Crippen LogP contribution in [0.25, 0.3) is 0 Å². The van der Waals surface area contributed by atoms with E-state index in [1.807, 2.05) is 9.80 Å². The number of likely N-dealkylation sites (tertiary alicyclic amines) is 2. The maximum atomic E-state index is 12.6. The van der Waals surface area contributed by atoms with Crippen molar-refractivity contribution in [2.75, 3.05) is 26.2 Å². The van der Waals surface area contributed by atoms with Crippen molar-refractivity contribution in [3.05, 3.63) is 35.9 Å². The fourth-order valence-electron chi connectivity index (χ4n) is 4.03. The van der Waals surface area contributed by atoms with E-state index in [9.17, 15) is 9.59 Å². The molecule has 0 aromatic heterocycles. The molecule has 2 aliphatic heterocycles. The molecule has 2 saturated heterocycles. The third-order valence-corrected chi connectivity index (χ3v) is 5.57. The van der Waals surface area contributed by atoms with E-state index in [4.69, 9.17) is 0 Å². The zero-order valence-corrected chi connectivity index (χ0v) is 15.2. The molecule has 4 heteroatoms. The summed E-state index contributed by atoms with van der Waals surface area (Å²) in [5, 5.41) is 0. The Morgan fingerprint density at radius 1 is 1.08 bits per heavy atom. The van der Waals surface area contributed by atoms with Gasteiger partial charge in [-0.2, -0.15) is 0 Å². The summed E-state index contributed by atoms with van der Waals surface area (Å²) < 4.78 is 0. The lowest BCUT2D eigenvalue weighted by Gasteiger charge is -2.34. The van der Waals surface area contributed by atoms with E-state index in [2.05, 4.69) is 30.3 Å². The van der Waals surface area contributed by atoms with E-state index in [0.29, 0.717) is 25.3 Å².